The van der Waals surface area contributed by atoms with Crippen LogP contribution in [0.4, 0.5) is 8.78 Å². The quantitative estimate of drug-likeness (QED) is 0.630. The molecule has 0 amide bonds. The molecule has 0 fully saturated rings. The number of aryl methyl sites for hydroxylation is 1. The molecule has 1 aliphatic rings. The summed E-state index contributed by atoms with van der Waals surface area (Å²) in [6.07, 6.45) is 14.3. The van der Waals surface area contributed by atoms with Gasteiger partial charge in [-0.15, -0.1) is 6.42 Å². The fraction of sp³-hybridized carbons (Fsp3) is 0.333. The highest BCUT2D eigenvalue weighted by atomic mass is 19.3. The molecule has 1 aliphatic carbocycles. The topological polar surface area (TPSA) is 25.8 Å². The highest BCUT2D eigenvalue weighted by Crippen LogP contribution is 2.28. The first-order valence-electron chi connectivity index (χ1n) is 7.14. The van der Waals surface area contributed by atoms with E-state index in [1.54, 1.807) is 18.2 Å². The number of alkyl halides is 2. The minimum absolute atomic E-state index is 0.289. The molecule has 0 aliphatic heterocycles. The van der Waals surface area contributed by atoms with Gasteiger partial charge in [0, 0.05) is 0 Å². The standard InChI is InChI=1S/C18H18F2N2/c1-5-9-14-16(18(19,20)7-3)22-13-10-8-11-17(4,6-2)12-15(13)21-14/h2,7-8,10-12H,3,5,9H2,1,4H3. The second kappa shape index (κ2) is 5.84. The van der Waals surface area contributed by atoms with Crippen molar-refractivity contribution in [3.05, 3.63) is 46.9 Å². The minimum atomic E-state index is -3.20. The van der Waals surface area contributed by atoms with Crippen LogP contribution in [0.2, 0.25) is 0 Å². The average Bonchev–Trinajstić information content (AvgIpc) is 2.65. The van der Waals surface area contributed by atoms with Crippen molar-refractivity contribution in [3.8, 4) is 12.3 Å². The zero-order chi connectivity index (χ0) is 16.4. The van der Waals surface area contributed by atoms with Gasteiger partial charge in [0.1, 0.15) is 5.69 Å². The molecule has 2 rings (SSSR count). The zero-order valence-corrected chi connectivity index (χ0v) is 12.7. The van der Waals surface area contributed by atoms with Crippen LogP contribution in [0.3, 0.4) is 0 Å². The Bertz CT molecular complexity index is 785. The van der Waals surface area contributed by atoms with E-state index in [0.29, 0.717) is 29.6 Å². The van der Waals surface area contributed by atoms with Gasteiger partial charge in [-0.05, 0) is 31.6 Å². The molecule has 4 heteroatoms. The first kappa shape index (κ1) is 16.1. The monoisotopic (exact) mass is 300 g/mol. The molecule has 1 unspecified atom stereocenters. The number of nitrogens with zero attached hydrogens (tertiary/aromatic N) is 2. The summed E-state index contributed by atoms with van der Waals surface area (Å²) in [5.74, 6) is -0.528. The number of aromatic nitrogens is 2. The van der Waals surface area contributed by atoms with Crippen LogP contribution in [-0.2, 0) is 12.3 Å². The summed E-state index contributed by atoms with van der Waals surface area (Å²) in [7, 11) is 0. The Kier molecular flexibility index (Phi) is 4.27. The van der Waals surface area contributed by atoms with E-state index in [9.17, 15) is 8.78 Å². The smallest absolute Gasteiger partial charge is 0.249 e. The predicted octanol–water partition coefficient (Wildman–Crippen LogP) is 2.48. The van der Waals surface area contributed by atoms with Crippen molar-refractivity contribution >= 4 is 12.2 Å². The van der Waals surface area contributed by atoms with Crippen molar-refractivity contribution in [3.63, 3.8) is 0 Å². The number of hydrogen-bond acceptors (Lipinski definition) is 2. The van der Waals surface area contributed by atoms with Crippen LogP contribution < -0.4 is 10.7 Å². The number of rotatable bonds is 4. The van der Waals surface area contributed by atoms with E-state index in [1.807, 2.05) is 19.9 Å². The molecule has 1 heterocycles. The fourth-order valence-electron chi connectivity index (χ4n) is 2.26. The maximum atomic E-state index is 14.1. The molecule has 1 atom stereocenters. The molecule has 1 aromatic heterocycles. The second-order valence-corrected chi connectivity index (χ2v) is 5.46. The van der Waals surface area contributed by atoms with Crippen LogP contribution in [0.25, 0.3) is 12.2 Å². The Hall–Kier alpha value is -2.28. The van der Waals surface area contributed by atoms with Gasteiger partial charge in [-0.25, -0.2) is 9.97 Å². The molecule has 114 valence electrons. The number of allylic oxidation sites excluding steroid dienone is 3. The summed E-state index contributed by atoms with van der Waals surface area (Å²) in [5.41, 5.74) is -0.648. The molecule has 0 aromatic carbocycles. The number of fused-ring (bicyclic) bond motifs is 1. The van der Waals surface area contributed by atoms with Gasteiger partial charge in [0.2, 0.25) is 0 Å². The van der Waals surface area contributed by atoms with E-state index >= 15 is 0 Å². The molecule has 2 nitrogen and oxygen atoms in total. The first-order chi connectivity index (χ1) is 10.3. The van der Waals surface area contributed by atoms with Crippen molar-refractivity contribution in [2.45, 2.75) is 32.6 Å². The van der Waals surface area contributed by atoms with Gasteiger partial charge in [0.05, 0.1) is 21.8 Å². The van der Waals surface area contributed by atoms with Gasteiger partial charge in [0.15, 0.2) is 0 Å². The molecule has 0 bridgehead atoms. The Balaban J connectivity index is 2.80. The van der Waals surface area contributed by atoms with Gasteiger partial charge in [-0.1, -0.05) is 38.0 Å². The largest absolute Gasteiger partial charge is 0.309 e. The summed E-state index contributed by atoms with van der Waals surface area (Å²) in [5, 5.41) is 0.934. The molecule has 22 heavy (non-hydrogen) atoms. The molecule has 0 saturated carbocycles. The van der Waals surface area contributed by atoms with Crippen molar-refractivity contribution in [2.24, 2.45) is 5.41 Å². The van der Waals surface area contributed by atoms with E-state index in [2.05, 4.69) is 22.5 Å². The molecular formula is C18H18F2N2. The maximum absolute atomic E-state index is 14.1. The summed E-state index contributed by atoms with van der Waals surface area (Å²) in [4.78, 5) is 8.55. The van der Waals surface area contributed by atoms with Crippen LogP contribution in [-0.4, -0.2) is 9.97 Å². The van der Waals surface area contributed by atoms with Crippen LogP contribution in [0, 0.1) is 17.8 Å². The Morgan fingerprint density at radius 1 is 1.41 bits per heavy atom. The van der Waals surface area contributed by atoms with Crippen molar-refractivity contribution in [2.75, 3.05) is 0 Å². The lowest BCUT2D eigenvalue weighted by atomic mass is 9.91. The van der Waals surface area contributed by atoms with Gasteiger partial charge in [-0.3, -0.25) is 0 Å². The highest BCUT2D eigenvalue weighted by molar-refractivity contribution is 5.51. The van der Waals surface area contributed by atoms with Crippen molar-refractivity contribution in [1.29, 1.82) is 0 Å². The lowest BCUT2D eigenvalue weighted by Gasteiger charge is -2.15. The Labute approximate surface area is 129 Å². The lowest BCUT2D eigenvalue weighted by Crippen LogP contribution is -2.37. The summed E-state index contributed by atoms with van der Waals surface area (Å²) >= 11 is 0. The normalized spacial score (nSPS) is 20.1. The van der Waals surface area contributed by atoms with E-state index in [1.165, 1.54) is 0 Å². The SMILES string of the molecule is C#CC1(C)C=CC=c2nc(C(F)(F)C=C)c(CCC)nc2=C1. The van der Waals surface area contributed by atoms with Gasteiger partial charge in [-0.2, -0.15) is 8.78 Å². The Morgan fingerprint density at radius 3 is 2.73 bits per heavy atom. The van der Waals surface area contributed by atoms with Crippen LogP contribution in [0.5, 0.6) is 0 Å². The van der Waals surface area contributed by atoms with Crippen LogP contribution >= 0.6 is 0 Å². The van der Waals surface area contributed by atoms with E-state index in [4.69, 9.17) is 6.42 Å². The summed E-state index contributed by atoms with van der Waals surface area (Å²) in [6.45, 7) is 6.97. The second-order valence-electron chi connectivity index (χ2n) is 5.46. The number of terminal acetylenes is 1. The number of hydrogen-bond donors (Lipinski definition) is 0. The summed E-state index contributed by atoms with van der Waals surface area (Å²) in [6, 6.07) is 0. The third kappa shape index (κ3) is 2.99. The fourth-order valence-corrected chi connectivity index (χ4v) is 2.26. The Morgan fingerprint density at radius 2 is 2.14 bits per heavy atom. The average molecular weight is 300 g/mol. The maximum Gasteiger partial charge on any atom is 0.309 e. The molecule has 0 spiro atoms. The van der Waals surface area contributed by atoms with E-state index in [-0.39, 0.29) is 11.4 Å². The zero-order valence-electron chi connectivity index (χ0n) is 12.7. The number of halogens is 2. The summed E-state index contributed by atoms with van der Waals surface area (Å²) < 4.78 is 28.1. The van der Waals surface area contributed by atoms with Crippen molar-refractivity contribution < 1.29 is 8.78 Å². The van der Waals surface area contributed by atoms with Crippen LogP contribution in [0.15, 0.2) is 24.8 Å². The van der Waals surface area contributed by atoms with Crippen molar-refractivity contribution in [1.82, 2.24) is 9.97 Å². The third-order valence-electron chi connectivity index (χ3n) is 3.53. The molecule has 0 radical (unpaired) electrons. The molecular weight excluding hydrogens is 282 g/mol. The lowest BCUT2D eigenvalue weighted by molar-refractivity contribution is 0.0457. The minimum Gasteiger partial charge on any atom is -0.249 e. The molecule has 0 saturated heterocycles. The van der Waals surface area contributed by atoms with Gasteiger partial charge >= 0.3 is 5.92 Å². The van der Waals surface area contributed by atoms with Gasteiger partial charge in [0.25, 0.3) is 0 Å². The van der Waals surface area contributed by atoms with Crippen LogP contribution in [0.1, 0.15) is 31.7 Å². The van der Waals surface area contributed by atoms with Gasteiger partial charge < -0.3 is 0 Å². The molecule has 1 aromatic rings. The predicted molar refractivity (Wildman–Crippen MR) is 84.4 cm³/mol. The van der Waals surface area contributed by atoms with E-state index < -0.39 is 11.3 Å². The highest BCUT2D eigenvalue weighted by Gasteiger charge is 2.33. The first-order valence-corrected chi connectivity index (χ1v) is 7.14. The third-order valence-corrected chi connectivity index (χ3v) is 3.53. The van der Waals surface area contributed by atoms with E-state index in [0.717, 1.165) is 0 Å². The molecule has 0 N–H and O–H groups in total.